The first-order valence-electron chi connectivity index (χ1n) is 2.91. The van der Waals surface area contributed by atoms with E-state index in [0.717, 1.165) is 17.9 Å². The third kappa shape index (κ3) is 3.50. The summed E-state index contributed by atoms with van der Waals surface area (Å²) in [6, 6.07) is 0. The van der Waals surface area contributed by atoms with E-state index in [4.69, 9.17) is 0 Å². The molecule has 0 aromatic rings. The molecule has 50 valence electrons. The Morgan fingerprint density at radius 2 is 2.12 bits per heavy atom. The minimum Gasteiger partial charge on any atom is -0.248 e. The molecule has 0 amide bonds. The maximum Gasteiger partial charge on any atom is 0.0804 e. The zero-order valence-electron chi connectivity index (χ0n) is 5.35. The van der Waals surface area contributed by atoms with Crippen LogP contribution in [0.1, 0.15) is 20.3 Å². The van der Waals surface area contributed by atoms with Gasteiger partial charge in [0.15, 0.2) is 0 Å². The molecule has 0 N–H and O–H groups in total. The zero-order chi connectivity index (χ0) is 6.41. The van der Waals surface area contributed by atoms with Crippen LogP contribution in [0.15, 0.2) is 0 Å². The van der Waals surface area contributed by atoms with E-state index in [1.807, 2.05) is 13.8 Å². The van der Waals surface area contributed by atoms with Crippen LogP contribution in [-0.2, 0) is 9.83 Å². The monoisotopic (exact) mass is 152 g/mol. The van der Waals surface area contributed by atoms with Gasteiger partial charge in [0.05, 0.1) is 9.83 Å². The van der Waals surface area contributed by atoms with Gasteiger partial charge in [-0.1, -0.05) is 24.6 Å². The molecular formula is C5H12OS2. The van der Waals surface area contributed by atoms with E-state index in [-0.39, 0.29) is 0 Å². The van der Waals surface area contributed by atoms with Crippen molar-refractivity contribution in [2.45, 2.75) is 20.3 Å². The minimum atomic E-state index is -0.506. The Bertz CT molecular complexity index is 64.8. The molecule has 0 saturated carbocycles. The van der Waals surface area contributed by atoms with Gasteiger partial charge in [0.25, 0.3) is 0 Å². The fraction of sp³-hybridized carbons (Fsp3) is 1.00. The lowest BCUT2D eigenvalue weighted by atomic mass is 10.6. The molecule has 1 aliphatic heterocycles. The first kappa shape index (κ1) is 8.50. The molecule has 0 aliphatic carbocycles. The van der Waals surface area contributed by atoms with Gasteiger partial charge in [-0.3, -0.25) is 0 Å². The SMILES string of the molecule is CC.O=S1CCCS1. The van der Waals surface area contributed by atoms with Crippen molar-refractivity contribution < 1.29 is 4.21 Å². The second-order valence-electron chi connectivity index (χ2n) is 1.18. The predicted molar refractivity (Wildman–Crippen MR) is 41.4 cm³/mol. The van der Waals surface area contributed by atoms with Crippen molar-refractivity contribution >= 4 is 20.6 Å². The summed E-state index contributed by atoms with van der Waals surface area (Å²) in [6.45, 7) is 4.00. The van der Waals surface area contributed by atoms with E-state index in [9.17, 15) is 4.21 Å². The molecule has 3 heteroatoms. The average molecular weight is 152 g/mol. The van der Waals surface area contributed by atoms with E-state index in [0.29, 0.717) is 0 Å². The summed E-state index contributed by atoms with van der Waals surface area (Å²) in [7, 11) is 1.06. The van der Waals surface area contributed by atoms with Gasteiger partial charge in [0.1, 0.15) is 0 Å². The van der Waals surface area contributed by atoms with E-state index in [2.05, 4.69) is 0 Å². The fourth-order valence-electron chi connectivity index (χ4n) is 0.388. The molecule has 0 bridgehead atoms. The Balaban J connectivity index is 0.000000222. The highest BCUT2D eigenvalue weighted by molar-refractivity contribution is 8.69. The minimum absolute atomic E-state index is 0.506. The van der Waals surface area contributed by atoms with Gasteiger partial charge >= 0.3 is 0 Å². The predicted octanol–water partition coefficient (Wildman–Crippen LogP) is 1.81. The van der Waals surface area contributed by atoms with Gasteiger partial charge in [-0.05, 0) is 6.42 Å². The summed E-state index contributed by atoms with van der Waals surface area (Å²) in [5.74, 6) is 2.03. The largest absolute Gasteiger partial charge is 0.248 e. The topological polar surface area (TPSA) is 17.1 Å². The Labute approximate surface area is 57.1 Å². The first-order valence-corrected chi connectivity index (χ1v) is 5.73. The maximum absolute atomic E-state index is 10.3. The Morgan fingerprint density at radius 3 is 2.25 bits per heavy atom. The quantitative estimate of drug-likeness (QED) is 0.492. The molecule has 1 unspecified atom stereocenters. The molecule has 1 aliphatic rings. The lowest BCUT2D eigenvalue weighted by Crippen LogP contribution is -1.76. The third-order valence-electron chi connectivity index (χ3n) is 0.670. The van der Waals surface area contributed by atoms with Crippen LogP contribution in [0.5, 0.6) is 0 Å². The molecule has 0 radical (unpaired) electrons. The highest BCUT2D eigenvalue weighted by Gasteiger charge is 2.06. The van der Waals surface area contributed by atoms with Gasteiger partial charge < -0.3 is 0 Å². The summed E-state index contributed by atoms with van der Waals surface area (Å²) in [4.78, 5) is 0. The van der Waals surface area contributed by atoms with Gasteiger partial charge in [0, 0.05) is 11.5 Å². The van der Waals surface area contributed by atoms with Crippen molar-refractivity contribution in [1.29, 1.82) is 0 Å². The number of hydrogen-bond donors (Lipinski definition) is 0. The normalized spacial score (nSPS) is 26.5. The van der Waals surface area contributed by atoms with Gasteiger partial charge in [-0.25, -0.2) is 4.21 Å². The molecule has 0 spiro atoms. The van der Waals surface area contributed by atoms with Crippen LogP contribution in [0, 0.1) is 0 Å². The second kappa shape index (κ2) is 5.63. The van der Waals surface area contributed by atoms with Crippen LogP contribution in [0.4, 0.5) is 0 Å². The summed E-state index contributed by atoms with van der Waals surface area (Å²) >= 11 is 0. The number of rotatable bonds is 0. The summed E-state index contributed by atoms with van der Waals surface area (Å²) in [5, 5.41) is 0. The van der Waals surface area contributed by atoms with Crippen LogP contribution < -0.4 is 0 Å². The van der Waals surface area contributed by atoms with E-state index in [1.165, 1.54) is 0 Å². The molecule has 1 heterocycles. The smallest absolute Gasteiger partial charge is 0.0804 e. The second-order valence-corrected chi connectivity index (χ2v) is 4.67. The summed E-state index contributed by atoms with van der Waals surface area (Å²) < 4.78 is 10.3. The fourth-order valence-corrected chi connectivity index (χ4v) is 3.13. The van der Waals surface area contributed by atoms with Crippen molar-refractivity contribution in [2.24, 2.45) is 0 Å². The van der Waals surface area contributed by atoms with Crippen LogP contribution in [0.25, 0.3) is 0 Å². The summed E-state index contributed by atoms with van der Waals surface area (Å²) in [5.41, 5.74) is 0. The highest BCUT2D eigenvalue weighted by Crippen LogP contribution is 2.17. The standard InChI is InChI=1S/C3H6OS2.C2H6/c4-6-3-1-2-5-6;1-2/h1-3H2;1-2H3. The van der Waals surface area contributed by atoms with Crippen LogP contribution >= 0.6 is 10.8 Å². The molecule has 1 atom stereocenters. The van der Waals surface area contributed by atoms with Crippen molar-refractivity contribution in [2.75, 3.05) is 11.5 Å². The molecule has 8 heavy (non-hydrogen) atoms. The van der Waals surface area contributed by atoms with Gasteiger partial charge in [-0.2, -0.15) is 0 Å². The average Bonchev–Trinajstić information content (AvgIpc) is 2.24. The summed E-state index contributed by atoms with van der Waals surface area (Å²) in [6.07, 6.45) is 1.15. The molecule has 1 fully saturated rings. The Kier molecular flexibility index (Phi) is 5.99. The first-order chi connectivity index (χ1) is 3.89. The van der Waals surface area contributed by atoms with Crippen LogP contribution in [0.2, 0.25) is 0 Å². The third-order valence-corrected chi connectivity index (χ3v) is 3.80. The number of hydrogen-bond acceptors (Lipinski definition) is 2. The van der Waals surface area contributed by atoms with Crippen molar-refractivity contribution in [3.8, 4) is 0 Å². The zero-order valence-corrected chi connectivity index (χ0v) is 6.98. The molecule has 0 aromatic heterocycles. The van der Waals surface area contributed by atoms with E-state index in [1.54, 1.807) is 10.8 Å². The molecule has 0 aromatic carbocycles. The highest BCUT2D eigenvalue weighted by atomic mass is 33.1. The molecular weight excluding hydrogens is 140 g/mol. The van der Waals surface area contributed by atoms with Crippen molar-refractivity contribution in [1.82, 2.24) is 0 Å². The molecule has 1 rings (SSSR count). The van der Waals surface area contributed by atoms with Crippen LogP contribution in [0.3, 0.4) is 0 Å². The Morgan fingerprint density at radius 1 is 1.50 bits per heavy atom. The van der Waals surface area contributed by atoms with Crippen LogP contribution in [-0.4, -0.2) is 15.7 Å². The molecule has 1 nitrogen and oxygen atoms in total. The van der Waals surface area contributed by atoms with Crippen molar-refractivity contribution in [3.05, 3.63) is 0 Å². The molecule has 1 saturated heterocycles. The lowest BCUT2D eigenvalue weighted by Gasteiger charge is -1.74. The van der Waals surface area contributed by atoms with Gasteiger partial charge in [0.2, 0.25) is 0 Å². The van der Waals surface area contributed by atoms with Crippen molar-refractivity contribution in [3.63, 3.8) is 0 Å². The van der Waals surface area contributed by atoms with E-state index >= 15 is 0 Å². The Hall–Kier alpha value is 0.500. The maximum atomic E-state index is 10.3. The van der Waals surface area contributed by atoms with Gasteiger partial charge in [-0.15, -0.1) is 0 Å². The lowest BCUT2D eigenvalue weighted by molar-refractivity contribution is 0.692. The van der Waals surface area contributed by atoms with E-state index < -0.39 is 9.83 Å².